The van der Waals surface area contributed by atoms with Crippen LogP contribution in [-0.4, -0.2) is 29.3 Å². The molecule has 30 heavy (non-hydrogen) atoms. The van der Waals surface area contributed by atoms with Crippen molar-refractivity contribution < 1.29 is 14.3 Å². The van der Waals surface area contributed by atoms with E-state index in [2.05, 4.69) is 10.5 Å². The van der Waals surface area contributed by atoms with Crippen LogP contribution >= 0.6 is 0 Å². The van der Waals surface area contributed by atoms with Gasteiger partial charge in [-0.25, -0.2) is 5.43 Å². The van der Waals surface area contributed by atoms with Gasteiger partial charge in [0, 0.05) is 22.2 Å². The fourth-order valence-electron chi connectivity index (χ4n) is 3.53. The molecule has 0 saturated heterocycles. The first-order valence-electron chi connectivity index (χ1n) is 10.0. The van der Waals surface area contributed by atoms with E-state index in [4.69, 9.17) is 4.74 Å². The van der Waals surface area contributed by atoms with Crippen molar-refractivity contribution in [2.75, 3.05) is 6.61 Å². The van der Waals surface area contributed by atoms with Gasteiger partial charge in [-0.1, -0.05) is 42.0 Å². The average molecular weight is 405 g/mol. The van der Waals surface area contributed by atoms with Gasteiger partial charge in [0.1, 0.15) is 6.54 Å². The Morgan fingerprint density at radius 1 is 1.13 bits per heavy atom. The first-order valence-corrected chi connectivity index (χ1v) is 10.0. The van der Waals surface area contributed by atoms with Crippen molar-refractivity contribution in [1.82, 2.24) is 9.99 Å². The Morgan fingerprint density at radius 2 is 1.90 bits per heavy atom. The van der Waals surface area contributed by atoms with Crippen LogP contribution in [0.15, 0.2) is 47.6 Å². The average Bonchev–Trinajstić information content (AvgIpc) is 2.97. The minimum absolute atomic E-state index is 0.132. The van der Waals surface area contributed by atoms with Gasteiger partial charge < -0.3 is 9.30 Å². The van der Waals surface area contributed by atoms with Crippen molar-refractivity contribution in [3.63, 3.8) is 0 Å². The maximum absolute atomic E-state index is 12.3. The van der Waals surface area contributed by atoms with Crippen molar-refractivity contribution in [3.05, 3.63) is 70.4 Å². The van der Waals surface area contributed by atoms with Gasteiger partial charge in [0.15, 0.2) is 0 Å². The lowest BCUT2D eigenvalue weighted by Crippen LogP contribution is -2.20. The van der Waals surface area contributed by atoms with Gasteiger partial charge in [-0.05, 0) is 44.9 Å². The standard InChI is InChI=1S/C24H27N3O3/c1-5-30-24(29)15-27-18(4)21(20-8-6-7-9-22(20)27)14-25-26-23(28)13-19-12-16(2)10-11-17(19)3/h6-12,14H,5,13,15H2,1-4H3,(H,26,28)/b25-14-. The Labute approximate surface area is 176 Å². The van der Waals surface area contributed by atoms with E-state index in [1.165, 1.54) is 0 Å². The monoisotopic (exact) mass is 405 g/mol. The molecule has 6 heteroatoms. The van der Waals surface area contributed by atoms with E-state index in [0.29, 0.717) is 6.61 Å². The number of hydrogen-bond acceptors (Lipinski definition) is 4. The van der Waals surface area contributed by atoms with E-state index in [-0.39, 0.29) is 24.8 Å². The highest BCUT2D eigenvalue weighted by molar-refractivity contribution is 6.01. The molecule has 0 fully saturated rings. The highest BCUT2D eigenvalue weighted by Crippen LogP contribution is 2.24. The first-order chi connectivity index (χ1) is 14.4. The molecule has 0 radical (unpaired) electrons. The smallest absolute Gasteiger partial charge is 0.325 e. The zero-order chi connectivity index (χ0) is 21.7. The molecule has 0 unspecified atom stereocenters. The molecule has 0 saturated carbocycles. The maximum Gasteiger partial charge on any atom is 0.325 e. The number of aromatic nitrogens is 1. The van der Waals surface area contributed by atoms with E-state index in [0.717, 1.165) is 38.9 Å². The van der Waals surface area contributed by atoms with Gasteiger partial charge in [0.05, 0.1) is 19.2 Å². The highest BCUT2D eigenvalue weighted by atomic mass is 16.5. The Kier molecular flexibility index (Phi) is 6.67. The molecule has 0 aliphatic rings. The Balaban J connectivity index is 1.79. The lowest BCUT2D eigenvalue weighted by molar-refractivity contribution is -0.143. The molecule has 0 aliphatic carbocycles. The Bertz CT molecular complexity index is 1110. The summed E-state index contributed by atoms with van der Waals surface area (Å²) in [5.41, 5.74) is 8.48. The lowest BCUT2D eigenvalue weighted by Gasteiger charge is -2.07. The Morgan fingerprint density at radius 3 is 2.67 bits per heavy atom. The van der Waals surface area contributed by atoms with Crippen LogP contribution in [0, 0.1) is 20.8 Å². The van der Waals surface area contributed by atoms with Crippen LogP contribution < -0.4 is 5.43 Å². The summed E-state index contributed by atoms with van der Waals surface area (Å²) >= 11 is 0. The number of aryl methyl sites for hydroxylation is 2. The van der Waals surface area contributed by atoms with E-state index >= 15 is 0 Å². The minimum atomic E-state index is -0.285. The zero-order valence-electron chi connectivity index (χ0n) is 17.9. The van der Waals surface area contributed by atoms with Gasteiger partial charge in [-0.2, -0.15) is 5.10 Å². The molecule has 0 atom stereocenters. The third-order valence-corrected chi connectivity index (χ3v) is 5.11. The van der Waals surface area contributed by atoms with E-state index < -0.39 is 0 Å². The maximum atomic E-state index is 12.3. The summed E-state index contributed by atoms with van der Waals surface area (Å²) in [6.07, 6.45) is 1.91. The van der Waals surface area contributed by atoms with Crippen LogP contribution in [0.25, 0.3) is 10.9 Å². The number of para-hydroxylation sites is 1. The number of amides is 1. The topological polar surface area (TPSA) is 72.7 Å². The van der Waals surface area contributed by atoms with Gasteiger partial charge in [0.2, 0.25) is 5.91 Å². The molecular formula is C24H27N3O3. The number of carbonyl (C=O) groups excluding carboxylic acids is 2. The first kappa shape index (κ1) is 21.3. The second-order valence-electron chi connectivity index (χ2n) is 7.31. The van der Waals surface area contributed by atoms with E-state index in [1.54, 1.807) is 13.1 Å². The molecule has 1 amide bonds. The van der Waals surface area contributed by atoms with E-state index in [9.17, 15) is 9.59 Å². The van der Waals surface area contributed by atoms with Crippen LogP contribution in [0.2, 0.25) is 0 Å². The number of nitrogens with zero attached hydrogens (tertiary/aromatic N) is 2. The number of fused-ring (bicyclic) bond motifs is 1. The molecule has 1 aromatic heterocycles. The number of ether oxygens (including phenoxy) is 1. The van der Waals surface area contributed by atoms with Crippen molar-refractivity contribution in [3.8, 4) is 0 Å². The third-order valence-electron chi connectivity index (χ3n) is 5.11. The number of nitrogens with one attached hydrogen (secondary N) is 1. The lowest BCUT2D eigenvalue weighted by atomic mass is 10.0. The molecule has 1 heterocycles. The van der Waals surface area contributed by atoms with Crippen molar-refractivity contribution >= 4 is 29.0 Å². The molecule has 0 bridgehead atoms. The number of benzene rings is 2. The second-order valence-corrected chi connectivity index (χ2v) is 7.31. The number of esters is 1. The van der Waals surface area contributed by atoms with Crippen LogP contribution in [0.1, 0.15) is 34.9 Å². The SMILES string of the molecule is CCOC(=O)Cn1c(C)c(/C=N\NC(=O)Cc2cc(C)ccc2C)c2ccccc21. The number of carbonyl (C=O) groups is 2. The molecule has 6 nitrogen and oxygen atoms in total. The fourth-order valence-corrected chi connectivity index (χ4v) is 3.53. The quantitative estimate of drug-likeness (QED) is 0.369. The number of hydrazone groups is 1. The second kappa shape index (κ2) is 9.39. The molecule has 0 aliphatic heterocycles. The van der Waals surface area contributed by atoms with Gasteiger partial charge in [-0.3, -0.25) is 9.59 Å². The summed E-state index contributed by atoms with van der Waals surface area (Å²) in [6, 6.07) is 13.9. The Hall–Kier alpha value is -3.41. The van der Waals surface area contributed by atoms with Crippen LogP contribution in [0.3, 0.4) is 0 Å². The van der Waals surface area contributed by atoms with Gasteiger partial charge >= 0.3 is 5.97 Å². The van der Waals surface area contributed by atoms with Crippen molar-refractivity contribution in [2.45, 2.75) is 40.7 Å². The zero-order valence-corrected chi connectivity index (χ0v) is 17.9. The molecule has 1 N–H and O–H groups in total. The summed E-state index contributed by atoms with van der Waals surface area (Å²) in [7, 11) is 0. The normalized spacial score (nSPS) is 11.2. The largest absolute Gasteiger partial charge is 0.465 e. The van der Waals surface area contributed by atoms with Crippen molar-refractivity contribution in [1.29, 1.82) is 0 Å². The molecular weight excluding hydrogens is 378 g/mol. The van der Waals surface area contributed by atoms with Crippen molar-refractivity contribution in [2.24, 2.45) is 5.10 Å². The molecule has 156 valence electrons. The van der Waals surface area contributed by atoms with Gasteiger partial charge in [0.25, 0.3) is 0 Å². The molecule has 3 rings (SSSR count). The minimum Gasteiger partial charge on any atom is -0.465 e. The summed E-state index contributed by atoms with van der Waals surface area (Å²) in [5, 5.41) is 5.14. The third kappa shape index (κ3) is 4.76. The summed E-state index contributed by atoms with van der Waals surface area (Å²) in [5.74, 6) is -0.459. The van der Waals surface area contributed by atoms with E-state index in [1.807, 2.05) is 67.8 Å². The van der Waals surface area contributed by atoms with Crippen LogP contribution in [0.4, 0.5) is 0 Å². The summed E-state index contributed by atoms with van der Waals surface area (Å²) < 4.78 is 7.01. The predicted molar refractivity (Wildman–Crippen MR) is 119 cm³/mol. The van der Waals surface area contributed by atoms with Crippen LogP contribution in [0.5, 0.6) is 0 Å². The van der Waals surface area contributed by atoms with Crippen LogP contribution in [-0.2, 0) is 27.3 Å². The number of rotatable bonds is 7. The molecule has 3 aromatic rings. The highest BCUT2D eigenvalue weighted by Gasteiger charge is 2.15. The predicted octanol–water partition coefficient (Wildman–Crippen LogP) is 3.82. The summed E-state index contributed by atoms with van der Waals surface area (Å²) in [4.78, 5) is 24.4. The molecule has 2 aromatic carbocycles. The fraction of sp³-hybridized carbons (Fsp3) is 0.292. The molecule has 0 spiro atoms. The van der Waals surface area contributed by atoms with Gasteiger partial charge in [-0.15, -0.1) is 0 Å². The summed E-state index contributed by atoms with van der Waals surface area (Å²) in [6.45, 7) is 8.20. The number of hydrogen-bond donors (Lipinski definition) is 1.